The quantitative estimate of drug-likeness (QED) is 0.846. The molecule has 1 N–H and O–H groups in total. The number of hydrogen-bond donors (Lipinski definition) is 1. The normalized spacial score (nSPS) is 14.6. The van der Waals surface area contributed by atoms with Gasteiger partial charge >= 0.3 is 6.09 Å². The van der Waals surface area contributed by atoms with Crippen molar-refractivity contribution in [3.8, 4) is 5.88 Å². The first-order valence-corrected chi connectivity index (χ1v) is 6.91. The minimum absolute atomic E-state index is 0.00691. The number of hydrogen-bond acceptors (Lipinski definition) is 6. The van der Waals surface area contributed by atoms with Gasteiger partial charge < -0.3 is 19.6 Å². The van der Waals surface area contributed by atoms with E-state index < -0.39 is 5.60 Å². The predicted molar refractivity (Wildman–Crippen MR) is 78.4 cm³/mol. The molecular weight excluding hydrogens is 272 g/mol. The van der Waals surface area contributed by atoms with Crippen molar-refractivity contribution in [2.75, 3.05) is 25.5 Å². The molecule has 2 rings (SSSR count). The second-order valence-electron chi connectivity index (χ2n) is 6.32. The zero-order chi connectivity index (χ0) is 15.8. The Bertz CT molecular complexity index is 552. The molecule has 7 nitrogen and oxygen atoms in total. The number of fused-ring (bicyclic) bond motifs is 1. The first-order valence-electron chi connectivity index (χ1n) is 6.91. The average Bonchev–Trinajstić information content (AvgIpc) is 2.35. The topological polar surface area (TPSA) is 78.8 Å². The van der Waals surface area contributed by atoms with E-state index in [9.17, 15) is 9.90 Å². The monoisotopic (exact) mass is 294 g/mol. The zero-order valence-electron chi connectivity index (χ0n) is 13.2. The highest BCUT2D eigenvalue weighted by atomic mass is 16.6. The molecule has 0 spiro atoms. The highest BCUT2D eigenvalue weighted by Gasteiger charge is 2.28. The van der Waals surface area contributed by atoms with Gasteiger partial charge in [-0.1, -0.05) is 0 Å². The van der Waals surface area contributed by atoms with Crippen molar-refractivity contribution < 1.29 is 14.6 Å². The van der Waals surface area contributed by atoms with Gasteiger partial charge in [0.2, 0.25) is 11.8 Å². The lowest BCUT2D eigenvalue weighted by Crippen LogP contribution is -2.40. The van der Waals surface area contributed by atoms with E-state index in [4.69, 9.17) is 4.74 Å². The van der Waals surface area contributed by atoms with Crippen LogP contribution < -0.4 is 4.90 Å². The van der Waals surface area contributed by atoms with Gasteiger partial charge in [-0.15, -0.1) is 0 Å². The number of amides is 1. The van der Waals surface area contributed by atoms with E-state index in [-0.39, 0.29) is 12.0 Å². The molecule has 7 heteroatoms. The highest BCUT2D eigenvalue weighted by Crippen LogP contribution is 2.27. The minimum Gasteiger partial charge on any atom is -0.493 e. The molecule has 0 bridgehead atoms. The molecule has 0 aromatic carbocycles. The van der Waals surface area contributed by atoms with Gasteiger partial charge in [0.1, 0.15) is 5.60 Å². The first-order chi connectivity index (χ1) is 9.67. The Morgan fingerprint density at radius 3 is 2.57 bits per heavy atom. The van der Waals surface area contributed by atoms with Crippen LogP contribution in [0, 0.1) is 0 Å². The van der Waals surface area contributed by atoms with Crippen LogP contribution in [-0.4, -0.2) is 52.3 Å². The molecule has 0 radical (unpaired) electrons. The fourth-order valence-electron chi connectivity index (χ4n) is 2.08. The molecule has 21 heavy (non-hydrogen) atoms. The number of rotatable bonds is 1. The van der Waals surface area contributed by atoms with Crippen LogP contribution in [0.15, 0.2) is 0 Å². The van der Waals surface area contributed by atoms with Gasteiger partial charge in [0.05, 0.1) is 12.2 Å². The lowest BCUT2D eigenvalue weighted by Gasteiger charge is -2.31. The lowest BCUT2D eigenvalue weighted by atomic mass is 10.1. The third kappa shape index (κ3) is 3.53. The van der Waals surface area contributed by atoms with Crippen molar-refractivity contribution in [2.24, 2.45) is 0 Å². The molecule has 1 aromatic rings. The van der Waals surface area contributed by atoms with Crippen molar-refractivity contribution >= 4 is 12.0 Å². The Morgan fingerprint density at radius 1 is 1.33 bits per heavy atom. The molecule has 1 aliphatic heterocycles. The summed E-state index contributed by atoms with van der Waals surface area (Å²) in [7, 11) is 3.60. The fourth-order valence-corrected chi connectivity index (χ4v) is 2.08. The van der Waals surface area contributed by atoms with E-state index in [1.54, 1.807) is 23.9 Å². The molecule has 0 atom stereocenters. The second-order valence-corrected chi connectivity index (χ2v) is 6.32. The average molecular weight is 294 g/mol. The fraction of sp³-hybridized carbons (Fsp3) is 0.643. The third-order valence-electron chi connectivity index (χ3n) is 3.08. The number of anilines is 1. The van der Waals surface area contributed by atoms with Crippen LogP contribution in [0.1, 0.15) is 32.0 Å². The Morgan fingerprint density at radius 2 is 2.00 bits per heavy atom. The lowest BCUT2D eigenvalue weighted by molar-refractivity contribution is 0.0219. The number of aromatic hydroxyl groups is 1. The summed E-state index contributed by atoms with van der Waals surface area (Å²) < 4.78 is 5.37. The third-order valence-corrected chi connectivity index (χ3v) is 3.08. The molecule has 1 amide bonds. The number of carbonyl (C=O) groups excluding carboxylic acids is 1. The summed E-state index contributed by atoms with van der Waals surface area (Å²) in [6.45, 7) is 6.31. The first kappa shape index (κ1) is 15.3. The van der Waals surface area contributed by atoms with Crippen LogP contribution in [-0.2, 0) is 17.7 Å². The maximum Gasteiger partial charge on any atom is 0.410 e. The molecule has 0 saturated heterocycles. The van der Waals surface area contributed by atoms with E-state index in [0.29, 0.717) is 36.7 Å². The summed E-state index contributed by atoms with van der Waals surface area (Å²) >= 11 is 0. The molecule has 0 unspecified atom stereocenters. The standard InChI is InChI=1S/C14H22N4O3/c1-14(2,3)21-13(20)18-7-6-9-10(8-18)15-12(17(4)5)16-11(9)19/h6-8H2,1-5H3,(H,15,16,19). The molecule has 116 valence electrons. The van der Waals surface area contributed by atoms with Gasteiger partial charge in [-0.25, -0.2) is 9.78 Å². The van der Waals surface area contributed by atoms with E-state index in [1.807, 2.05) is 20.8 Å². The van der Waals surface area contributed by atoms with Gasteiger partial charge in [-0.05, 0) is 27.2 Å². The summed E-state index contributed by atoms with van der Waals surface area (Å²) in [4.78, 5) is 23.9. The van der Waals surface area contributed by atoms with Crippen LogP contribution in [0.2, 0.25) is 0 Å². The summed E-state index contributed by atoms with van der Waals surface area (Å²) in [6.07, 6.45) is 0.159. The minimum atomic E-state index is -0.528. The molecule has 0 saturated carbocycles. The smallest absolute Gasteiger partial charge is 0.410 e. The Balaban J connectivity index is 2.21. The number of nitrogens with zero attached hydrogens (tertiary/aromatic N) is 4. The van der Waals surface area contributed by atoms with Crippen LogP contribution in [0.5, 0.6) is 5.88 Å². The maximum atomic E-state index is 12.1. The molecular formula is C14H22N4O3. The molecule has 2 heterocycles. The van der Waals surface area contributed by atoms with Crippen LogP contribution in [0.25, 0.3) is 0 Å². The predicted octanol–water partition coefficient (Wildman–Crippen LogP) is 1.54. The maximum absolute atomic E-state index is 12.1. The van der Waals surface area contributed by atoms with Gasteiger partial charge in [-0.3, -0.25) is 0 Å². The van der Waals surface area contributed by atoms with Gasteiger partial charge in [0.15, 0.2) is 0 Å². The van der Waals surface area contributed by atoms with Crippen molar-refractivity contribution in [2.45, 2.75) is 39.3 Å². The van der Waals surface area contributed by atoms with Gasteiger partial charge in [0, 0.05) is 26.2 Å². The van der Waals surface area contributed by atoms with Crippen molar-refractivity contribution in [1.82, 2.24) is 14.9 Å². The van der Waals surface area contributed by atoms with Crippen molar-refractivity contribution in [3.05, 3.63) is 11.3 Å². The summed E-state index contributed by atoms with van der Waals surface area (Å²) in [5, 5.41) is 9.98. The Labute approximate surface area is 124 Å². The van der Waals surface area contributed by atoms with Crippen LogP contribution in [0.4, 0.5) is 10.7 Å². The Hall–Kier alpha value is -2.05. The summed E-state index contributed by atoms with van der Waals surface area (Å²) in [5.74, 6) is 0.421. The van der Waals surface area contributed by atoms with Crippen molar-refractivity contribution in [3.63, 3.8) is 0 Å². The second kappa shape index (κ2) is 5.38. The molecule has 1 aromatic heterocycles. The SMILES string of the molecule is CN(C)c1nc(O)c2c(n1)CN(C(=O)OC(C)(C)C)CC2. The van der Waals surface area contributed by atoms with E-state index >= 15 is 0 Å². The zero-order valence-corrected chi connectivity index (χ0v) is 13.2. The number of carbonyl (C=O) groups is 1. The summed E-state index contributed by atoms with van der Waals surface area (Å²) in [5.41, 5.74) is 0.851. The number of ether oxygens (including phenoxy) is 1. The van der Waals surface area contributed by atoms with Crippen LogP contribution >= 0.6 is 0 Å². The van der Waals surface area contributed by atoms with Crippen molar-refractivity contribution in [1.29, 1.82) is 0 Å². The van der Waals surface area contributed by atoms with Crippen LogP contribution in [0.3, 0.4) is 0 Å². The summed E-state index contributed by atoms with van der Waals surface area (Å²) in [6, 6.07) is 0. The largest absolute Gasteiger partial charge is 0.493 e. The van der Waals surface area contributed by atoms with E-state index in [0.717, 1.165) is 0 Å². The van der Waals surface area contributed by atoms with E-state index in [1.165, 1.54) is 0 Å². The van der Waals surface area contributed by atoms with E-state index in [2.05, 4.69) is 9.97 Å². The highest BCUT2D eigenvalue weighted by molar-refractivity contribution is 5.68. The van der Waals surface area contributed by atoms with Gasteiger partial charge in [0.25, 0.3) is 0 Å². The molecule has 0 fully saturated rings. The Kier molecular flexibility index (Phi) is 3.93. The molecule has 1 aliphatic rings. The molecule has 0 aliphatic carbocycles. The van der Waals surface area contributed by atoms with Gasteiger partial charge in [-0.2, -0.15) is 4.98 Å². The number of aromatic nitrogens is 2.